The molecule has 0 radical (unpaired) electrons. The molecule has 0 spiro atoms. The van der Waals surface area contributed by atoms with Gasteiger partial charge < -0.3 is 24.8 Å². The maximum atomic E-state index is 12.4. The van der Waals surface area contributed by atoms with Crippen molar-refractivity contribution in [3.05, 3.63) is 33.2 Å². The van der Waals surface area contributed by atoms with Crippen LogP contribution in [-0.2, 0) is 17.6 Å². The van der Waals surface area contributed by atoms with E-state index in [1.54, 1.807) is 30.6 Å². The number of esters is 1. The Bertz CT molecular complexity index is 914. The molecule has 0 fully saturated rings. The number of methoxy groups -OCH3 is 3. The zero-order chi connectivity index (χ0) is 20.3. The van der Waals surface area contributed by atoms with Crippen molar-refractivity contribution in [1.29, 1.82) is 0 Å². The third-order valence-electron chi connectivity index (χ3n) is 4.51. The van der Waals surface area contributed by atoms with Gasteiger partial charge in [-0.05, 0) is 49.5 Å². The molecule has 2 N–H and O–H groups in total. The van der Waals surface area contributed by atoms with Crippen LogP contribution in [0.15, 0.2) is 12.1 Å². The van der Waals surface area contributed by atoms with E-state index in [4.69, 9.17) is 38.0 Å². The lowest BCUT2D eigenvalue weighted by molar-refractivity contribution is 0.0601. The van der Waals surface area contributed by atoms with Gasteiger partial charge in [0.05, 0.1) is 37.6 Å². The predicted molar refractivity (Wildman–Crippen MR) is 117 cm³/mol. The van der Waals surface area contributed by atoms with Crippen LogP contribution in [0.25, 0.3) is 0 Å². The van der Waals surface area contributed by atoms with Gasteiger partial charge in [-0.15, -0.1) is 11.3 Å². The zero-order valence-electron chi connectivity index (χ0n) is 15.8. The fourth-order valence-electron chi connectivity index (χ4n) is 3.19. The number of ether oxygens (including phenoxy) is 3. The van der Waals surface area contributed by atoms with Crippen molar-refractivity contribution in [2.45, 2.75) is 25.7 Å². The van der Waals surface area contributed by atoms with E-state index in [0.717, 1.165) is 31.2 Å². The maximum absolute atomic E-state index is 12.4. The Morgan fingerprint density at radius 2 is 1.82 bits per heavy atom. The van der Waals surface area contributed by atoms with Crippen molar-refractivity contribution in [2.75, 3.05) is 32.0 Å². The number of hydrogen-bond acceptors (Lipinski definition) is 6. The van der Waals surface area contributed by atoms with E-state index in [1.165, 1.54) is 19.1 Å². The van der Waals surface area contributed by atoms with Crippen LogP contribution in [0.1, 0.15) is 33.6 Å². The number of benzene rings is 1. The van der Waals surface area contributed by atoms with Gasteiger partial charge in [0.25, 0.3) is 0 Å². The standard InChI is InChI=1S/C19H21ClN2O4S2/c1-24-13-9-14(25-2)12(8-11(13)20)21-19(27)22-17-16(18(23)26-3)10-6-4-5-7-15(10)28-17/h8-9H,4-7H2,1-3H3,(H2,21,22,27). The number of thiocarbonyl (C=S) groups is 1. The fourth-order valence-corrected chi connectivity index (χ4v) is 4.99. The van der Waals surface area contributed by atoms with E-state index in [-0.39, 0.29) is 5.97 Å². The van der Waals surface area contributed by atoms with Crippen LogP contribution in [0.4, 0.5) is 10.7 Å². The Morgan fingerprint density at radius 3 is 2.50 bits per heavy atom. The first-order chi connectivity index (χ1) is 13.5. The van der Waals surface area contributed by atoms with E-state index < -0.39 is 0 Å². The molecule has 0 bridgehead atoms. The first-order valence-electron chi connectivity index (χ1n) is 8.70. The van der Waals surface area contributed by atoms with E-state index >= 15 is 0 Å². The van der Waals surface area contributed by atoms with Crippen molar-refractivity contribution in [3.8, 4) is 11.5 Å². The van der Waals surface area contributed by atoms with Crippen LogP contribution in [-0.4, -0.2) is 32.4 Å². The summed E-state index contributed by atoms with van der Waals surface area (Å²) in [5.74, 6) is 0.681. The lowest BCUT2D eigenvalue weighted by Crippen LogP contribution is -2.20. The summed E-state index contributed by atoms with van der Waals surface area (Å²) in [6, 6.07) is 3.35. The van der Waals surface area contributed by atoms with Crippen LogP contribution < -0.4 is 20.1 Å². The second kappa shape index (κ2) is 8.98. The molecule has 0 amide bonds. The number of rotatable bonds is 5. The fraction of sp³-hybridized carbons (Fsp3) is 0.368. The summed E-state index contributed by atoms with van der Waals surface area (Å²) in [5, 5.41) is 7.65. The number of nitrogens with one attached hydrogen (secondary N) is 2. The van der Waals surface area contributed by atoms with Gasteiger partial charge in [0.2, 0.25) is 0 Å². The maximum Gasteiger partial charge on any atom is 0.341 e. The Hall–Kier alpha value is -2.03. The lowest BCUT2D eigenvalue weighted by Gasteiger charge is -2.15. The molecule has 9 heteroatoms. The average Bonchev–Trinajstić information content (AvgIpc) is 3.05. The van der Waals surface area contributed by atoms with Crippen LogP contribution in [0.5, 0.6) is 11.5 Å². The van der Waals surface area contributed by atoms with Crippen LogP contribution in [0.2, 0.25) is 5.02 Å². The largest absolute Gasteiger partial charge is 0.495 e. The molecule has 0 aliphatic heterocycles. The van der Waals surface area contributed by atoms with Crippen molar-refractivity contribution >= 4 is 56.9 Å². The molecule has 2 aromatic rings. The molecule has 0 saturated carbocycles. The van der Waals surface area contributed by atoms with Gasteiger partial charge in [-0.25, -0.2) is 4.79 Å². The topological polar surface area (TPSA) is 68.8 Å². The molecule has 0 unspecified atom stereocenters. The molecule has 150 valence electrons. The molecular weight excluding hydrogens is 420 g/mol. The summed E-state index contributed by atoms with van der Waals surface area (Å²) >= 11 is 13.2. The van der Waals surface area contributed by atoms with E-state index in [9.17, 15) is 4.79 Å². The Morgan fingerprint density at radius 1 is 1.11 bits per heavy atom. The zero-order valence-corrected chi connectivity index (χ0v) is 18.2. The van der Waals surface area contributed by atoms with Gasteiger partial charge in [-0.3, -0.25) is 0 Å². The summed E-state index contributed by atoms with van der Waals surface area (Å²) in [6.07, 6.45) is 4.03. The summed E-state index contributed by atoms with van der Waals surface area (Å²) in [7, 11) is 4.47. The number of aryl methyl sites for hydroxylation is 1. The third kappa shape index (κ3) is 4.19. The molecular formula is C19H21ClN2O4S2. The van der Waals surface area contributed by atoms with Gasteiger partial charge in [0, 0.05) is 10.9 Å². The van der Waals surface area contributed by atoms with Gasteiger partial charge in [-0.2, -0.15) is 0 Å². The van der Waals surface area contributed by atoms with E-state index in [1.807, 2.05) is 0 Å². The first-order valence-corrected chi connectivity index (χ1v) is 10.3. The molecule has 3 rings (SSSR count). The lowest BCUT2D eigenvalue weighted by atomic mass is 9.95. The number of fused-ring (bicyclic) bond motifs is 1. The Balaban J connectivity index is 1.85. The minimum Gasteiger partial charge on any atom is -0.495 e. The summed E-state index contributed by atoms with van der Waals surface area (Å²) < 4.78 is 15.6. The van der Waals surface area contributed by atoms with Gasteiger partial charge in [0.15, 0.2) is 5.11 Å². The van der Waals surface area contributed by atoms with Crippen molar-refractivity contribution in [1.82, 2.24) is 0 Å². The normalized spacial score (nSPS) is 12.7. The molecule has 0 saturated heterocycles. The van der Waals surface area contributed by atoms with Gasteiger partial charge >= 0.3 is 5.97 Å². The quantitative estimate of drug-likeness (QED) is 0.506. The number of carbonyl (C=O) groups is 1. The number of thiophene rings is 1. The number of hydrogen-bond donors (Lipinski definition) is 2. The predicted octanol–water partition coefficient (Wildman–Crippen LogP) is 4.89. The molecule has 0 atom stereocenters. The molecule has 1 aliphatic rings. The third-order valence-corrected chi connectivity index (χ3v) is 6.22. The first kappa shape index (κ1) is 20.7. The van der Waals surface area contributed by atoms with Crippen molar-refractivity contribution in [2.24, 2.45) is 0 Å². The van der Waals surface area contributed by atoms with Crippen LogP contribution >= 0.6 is 35.2 Å². The minimum absolute atomic E-state index is 0.322. The van der Waals surface area contributed by atoms with E-state index in [2.05, 4.69) is 10.6 Å². The highest BCUT2D eigenvalue weighted by atomic mass is 35.5. The highest BCUT2D eigenvalue weighted by Crippen LogP contribution is 2.39. The molecule has 1 aliphatic carbocycles. The van der Waals surface area contributed by atoms with Crippen molar-refractivity contribution < 1.29 is 19.0 Å². The number of anilines is 2. The average molecular weight is 441 g/mol. The Kier molecular flexibility index (Phi) is 6.64. The second-order valence-corrected chi connectivity index (χ2v) is 8.09. The second-order valence-electron chi connectivity index (χ2n) is 6.17. The molecule has 1 heterocycles. The minimum atomic E-state index is -0.352. The van der Waals surface area contributed by atoms with Gasteiger partial charge in [0.1, 0.15) is 16.5 Å². The highest BCUT2D eigenvalue weighted by Gasteiger charge is 2.26. The molecule has 6 nitrogen and oxygen atoms in total. The number of carbonyl (C=O) groups excluding carboxylic acids is 1. The Labute approximate surface area is 178 Å². The monoisotopic (exact) mass is 440 g/mol. The summed E-state index contributed by atoms with van der Waals surface area (Å²) in [6.45, 7) is 0. The molecule has 28 heavy (non-hydrogen) atoms. The molecule has 1 aromatic heterocycles. The van der Waals surface area contributed by atoms with Crippen molar-refractivity contribution in [3.63, 3.8) is 0 Å². The van der Waals surface area contributed by atoms with Crippen LogP contribution in [0, 0.1) is 0 Å². The van der Waals surface area contributed by atoms with Crippen LogP contribution in [0.3, 0.4) is 0 Å². The SMILES string of the molecule is COC(=O)c1c(NC(=S)Nc2cc(Cl)c(OC)cc2OC)sc2c1CCCC2. The summed E-state index contributed by atoms with van der Waals surface area (Å²) in [4.78, 5) is 13.6. The highest BCUT2D eigenvalue weighted by molar-refractivity contribution is 7.80. The van der Waals surface area contributed by atoms with Gasteiger partial charge in [-0.1, -0.05) is 11.6 Å². The molecule has 1 aromatic carbocycles. The summed E-state index contributed by atoms with van der Waals surface area (Å²) in [5.41, 5.74) is 2.23. The van der Waals surface area contributed by atoms with E-state index in [0.29, 0.717) is 37.9 Å². The number of halogens is 1. The smallest absolute Gasteiger partial charge is 0.341 e.